The normalized spacial score (nSPS) is 26.9. The Hall–Kier alpha value is -1.31. The van der Waals surface area contributed by atoms with E-state index < -0.39 is 18.0 Å². The predicted molar refractivity (Wildman–Crippen MR) is 75.7 cm³/mol. The first-order chi connectivity index (χ1) is 9.47. The monoisotopic (exact) mass is 298 g/mol. The van der Waals surface area contributed by atoms with Gasteiger partial charge in [0.15, 0.2) is 0 Å². The van der Waals surface area contributed by atoms with Crippen LogP contribution in [0.1, 0.15) is 13.3 Å². The third kappa shape index (κ3) is 2.61. The van der Waals surface area contributed by atoms with Gasteiger partial charge in [0.2, 0.25) is 5.91 Å². The molecule has 0 unspecified atom stereocenters. The Kier molecular flexibility index (Phi) is 4.52. The van der Waals surface area contributed by atoms with E-state index in [9.17, 15) is 19.8 Å². The molecule has 2 aliphatic heterocycles. The highest BCUT2D eigenvalue weighted by Gasteiger charge is 2.52. The van der Waals surface area contributed by atoms with Crippen LogP contribution < -0.4 is 5.73 Å². The van der Waals surface area contributed by atoms with Gasteiger partial charge < -0.3 is 20.8 Å². The van der Waals surface area contributed by atoms with Crippen molar-refractivity contribution >= 4 is 23.6 Å². The Morgan fingerprint density at radius 2 is 2.30 bits per heavy atom. The number of aliphatic hydroxyl groups excluding tert-OH is 1. The van der Waals surface area contributed by atoms with Gasteiger partial charge in [0, 0.05) is 18.7 Å². The minimum Gasteiger partial charge on any atom is -0.477 e. The summed E-state index contributed by atoms with van der Waals surface area (Å²) in [6.45, 7) is 2.09. The van der Waals surface area contributed by atoms with Crippen LogP contribution in [0, 0.1) is 5.92 Å². The quantitative estimate of drug-likeness (QED) is 0.624. The van der Waals surface area contributed by atoms with Crippen molar-refractivity contribution in [2.75, 3.05) is 12.3 Å². The number of allylic oxidation sites excluding steroid dienone is 2. The van der Waals surface area contributed by atoms with Crippen LogP contribution >= 0.6 is 11.8 Å². The largest absolute Gasteiger partial charge is 0.477 e. The average Bonchev–Trinajstić information content (AvgIpc) is 2.53. The number of fused-ring (bicyclic) bond motifs is 1. The van der Waals surface area contributed by atoms with Gasteiger partial charge in [-0.3, -0.25) is 4.79 Å². The summed E-state index contributed by atoms with van der Waals surface area (Å²) in [6, 6.07) is -0.288. The lowest BCUT2D eigenvalue weighted by Gasteiger charge is -2.48. The third-order valence-corrected chi connectivity index (χ3v) is 4.62. The standard InChI is InChI=1S/C13H18N2O4S/c1-7(16)11-10-6-8(20-5-4-14)2-3-9(13(18)19)15(10)12(11)17/h2-3,7,10-11,16H,4-6,14H2,1H3,(H,18,19)/t7-,10-,11-/m1/s1. The molecule has 0 saturated carbocycles. The van der Waals surface area contributed by atoms with E-state index in [1.165, 1.54) is 11.0 Å². The van der Waals surface area contributed by atoms with Crippen molar-refractivity contribution in [2.45, 2.75) is 25.5 Å². The lowest BCUT2D eigenvalue weighted by atomic mass is 9.81. The van der Waals surface area contributed by atoms with E-state index >= 15 is 0 Å². The number of nitrogens with zero attached hydrogens (tertiary/aromatic N) is 1. The van der Waals surface area contributed by atoms with Gasteiger partial charge in [0.25, 0.3) is 0 Å². The third-order valence-electron chi connectivity index (χ3n) is 3.51. The van der Waals surface area contributed by atoms with Gasteiger partial charge in [0.05, 0.1) is 18.1 Å². The Balaban J connectivity index is 2.26. The van der Waals surface area contributed by atoms with E-state index in [1.807, 2.05) is 0 Å². The van der Waals surface area contributed by atoms with Gasteiger partial charge in [-0.15, -0.1) is 11.8 Å². The molecule has 2 heterocycles. The molecule has 0 aromatic heterocycles. The van der Waals surface area contributed by atoms with E-state index in [1.54, 1.807) is 24.8 Å². The lowest BCUT2D eigenvalue weighted by molar-refractivity contribution is -0.163. The molecule has 0 spiro atoms. The molecular weight excluding hydrogens is 280 g/mol. The van der Waals surface area contributed by atoms with Crippen molar-refractivity contribution in [2.24, 2.45) is 11.7 Å². The van der Waals surface area contributed by atoms with Crippen molar-refractivity contribution in [3.8, 4) is 0 Å². The molecule has 20 heavy (non-hydrogen) atoms. The minimum atomic E-state index is -1.13. The number of carboxylic acids is 1. The number of carbonyl (C=O) groups is 2. The molecule has 1 amide bonds. The lowest BCUT2D eigenvalue weighted by Crippen LogP contribution is -2.64. The fourth-order valence-corrected chi connectivity index (χ4v) is 3.44. The van der Waals surface area contributed by atoms with Crippen molar-refractivity contribution < 1.29 is 19.8 Å². The first kappa shape index (κ1) is 15.1. The number of amides is 1. The zero-order valence-corrected chi connectivity index (χ0v) is 12.0. The zero-order valence-electron chi connectivity index (χ0n) is 11.2. The smallest absolute Gasteiger partial charge is 0.352 e. The maximum absolute atomic E-state index is 12.0. The summed E-state index contributed by atoms with van der Waals surface area (Å²) in [5.41, 5.74) is 5.44. The van der Waals surface area contributed by atoms with Crippen LogP contribution in [0.2, 0.25) is 0 Å². The second-order valence-electron chi connectivity index (χ2n) is 4.87. The molecule has 6 nitrogen and oxygen atoms in total. The van der Waals surface area contributed by atoms with Crippen molar-refractivity contribution in [1.82, 2.24) is 4.90 Å². The summed E-state index contributed by atoms with van der Waals surface area (Å²) >= 11 is 1.56. The van der Waals surface area contributed by atoms with Gasteiger partial charge in [-0.25, -0.2) is 4.79 Å². The molecule has 0 aromatic rings. The van der Waals surface area contributed by atoms with Gasteiger partial charge in [0.1, 0.15) is 5.70 Å². The molecule has 1 saturated heterocycles. The van der Waals surface area contributed by atoms with E-state index in [-0.39, 0.29) is 17.6 Å². The number of rotatable bonds is 5. The second kappa shape index (κ2) is 5.99. The van der Waals surface area contributed by atoms with Crippen LogP contribution in [0.15, 0.2) is 22.8 Å². The Labute approximate surface area is 121 Å². The highest BCUT2D eigenvalue weighted by Crippen LogP contribution is 2.40. The summed E-state index contributed by atoms with van der Waals surface area (Å²) in [5.74, 6) is -1.24. The summed E-state index contributed by atoms with van der Waals surface area (Å²) in [4.78, 5) is 25.6. The molecule has 4 N–H and O–H groups in total. The van der Waals surface area contributed by atoms with E-state index in [0.717, 1.165) is 10.7 Å². The number of thioether (sulfide) groups is 1. The van der Waals surface area contributed by atoms with Crippen molar-refractivity contribution in [3.63, 3.8) is 0 Å². The number of β-lactam (4-membered cyclic amide) rings is 1. The highest BCUT2D eigenvalue weighted by atomic mass is 32.2. The number of aliphatic carboxylic acids is 1. The summed E-state index contributed by atoms with van der Waals surface area (Å²) in [7, 11) is 0. The van der Waals surface area contributed by atoms with Crippen molar-refractivity contribution in [1.29, 1.82) is 0 Å². The van der Waals surface area contributed by atoms with Crippen LogP contribution in [0.3, 0.4) is 0 Å². The molecule has 0 radical (unpaired) electrons. The topological polar surface area (TPSA) is 104 Å². The molecule has 2 aliphatic rings. The first-order valence-corrected chi connectivity index (χ1v) is 7.44. The Bertz CT molecular complexity index is 487. The number of hydrogen-bond donors (Lipinski definition) is 3. The summed E-state index contributed by atoms with van der Waals surface area (Å²) < 4.78 is 0. The Morgan fingerprint density at radius 1 is 1.60 bits per heavy atom. The van der Waals surface area contributed by atoms with Gasteiger partial charge in [-0.05, 0) is 17.9 Å². The first-order valence-electron chi connectivity index (χ1n) is 6.45. The van der Waals surface area contributed by atoms with Crippen LogP contribution in [-0.4, -0.2) is 51.4 Å². The van der Waals surface area contributed by atoms with Crippen LogP contribution in [0.5, 0.6) is 0 Å². The van der Waals surface area contributed by atoms with E-state index in [0.29, 0.717) is 13.0 Å². The molecule has 7 heteroatoms. The number of aliphatic hydroxyl groups is 1. The molecule has 0 aliphatic carbocycles. The van der Waals surface area contributed by atoms with Crippen LogP contribution in [0.25, 0.3) is 0 Å². The number of hydrogen-bond acceptors (Lipinski definition) is 5. The Morgan fingerprint density at radius 3 is 2.85 bits per heavy atom. The van der Waals surface area contributed by atoms with Gasteiger partial charge >= 0.3 is 5.97 Å². The summed E-state index contributed by atoms with van der Waals surface area (Å²) in [5, 5.41) is 18.9. The number of nitrogens with two attached hydrogens (primary N) is 1. The molecule has 3 atom stereocenters. The van der Waals surface area contributed by atoms with Gasteiger partial charge in [-0.2, -0.15) is 0 Å². The van der Waals surface area contributed by atoms with E-state index in [2.05, 4.69) is 0 Å². The van der Waals surface area contributed by atoms with Crippen LogP contribution in [-0.2, 0) is 9.59 Å². The summed E-state index contributed by atoms with van der Waals surface area (Å²) in [6.07, 6.45) is 2.96. The van der Waals surface area contributed by atoms with Crippen LogP contribution in [0.4, 0.5) is 0 Å². The average molecular weight is 298 g/mol. The minimum absolute atomic E-state index is 0.0275. The zero-order chi connectivity index (χ0) is 14.9. The highest BCUT2D eigenvalue weighted by molar-refractivity contribution is 8.03. The maximum atomic E-state index is 12.0. The molecule has 110 valence electrons. The van der Waals surface area contributed by atoms with Crippen molar-refractivity contribution in [3.05, 3.63) is 22.8 Å². The molecule has 1 fully saturated rings. The molecule has 0 aromatic carbocycles. The fourth-order valence-electron chi connectivity index (χ4n) is 2.61. The number of carbonyl (C=O) groups excluding carboxylic acids is 1. The molecular formula is C13H18N2O4S. The molecule has 2 rings (SSSR count). The SMILES string of the molecule is C[C@@H](O)[C@H]1C(=O)N2C(C(=O)O)=CC=C(SCCN)C[C@H]12. The predicted octanol–water partition coefficient (Wildman–Crippen LogP) is 0.142. The van der Waals surface area contributed by atoms with E-state index in [4.69, 9.17) is 5.73 Å². The fraction of sp³-hybridized carbons (Fsp3) is 0.538. The maximum Gasteiger partial charge on any atom is 0.352 e. The van der Waals surface area contributed by atoms with Gasteiger partial charge in [-0.1, -0.05) is 6.08 Å². The number of carboxylic acid groups (broad SMARTS) is 1. The second-order valence-corrected chi connectivity index (χ2v) is 6.09. The molecule has 0 bridgehead atoms.